The molecule has 142 valence electrons. The lowest BCUT2D eigenvalue weighted by molar-refractivity contribution is 0.312. The van der Waals surface area contributed by atoms with E-state index in [9.17, 15) is 0 Å². The van der Waals surface area contributed by atoms with Gasteiger partial charge in [0.05, 0.1) is 5.52 Å². The molecule has 5 rings (SSSR count). The van der Waals surface area contributed by atoms with Gasteiger partial charge in [0.15, 0.2) is 0 Å². The predicted octanol–water partition coefficient (Wildman–Crippen LogP) is 5.45. The summed E-state index contributed by atoms with van der Waals surface area (Å²) in [5.74, 6) is 0. The zero-order valence-corrected chi connectivity index (χ0v) is 17.2. The molecule has 0 radical (unpaired) electrons. The molecule has 3 nitrogen and oxygen atoms in total. The predicted molar refractivity (Wildman–Crippen MR) is 119 cm³/mol. The van der Waals surface area contributed by atoms with E-state index in [0.29, 0.717) is 0 Å². The van der Waals surface area contributed by atoms with Crippen molar-refractivity contribution in [2.75, 3.05) is 13.6 Å². The molecule has 0 saturated carbocycles. The Bertz CT molecular complexity index is 1240. The molecule has 2 aromatic carbocycles. The highest BCUT2D eigenvalue weighted by atomic mass is 15.1. The van der Waals surface area contributed by atoms with E-state index in [0.717, 1.165) is 19.5 Å². The molecule has 3 heteroatoms. The molecule has 0 bridgehead atoms. The molecule has 28 heavy (non-hydrogen) atoms. The van der Waals surface area contributed by atoms with Crippen molar-refractivity contribution >= 4 is 33.6 Å². The van der Waals surface area contributed by atoms with Crippen molar-refractivity contribution in [1.82, 2.24) is 14.0 Å². The molecule has 4 aromatic rings. The van der Waals surface area contributed by atoms with E-state index in [4.69, 9.17) is 0 Å². The smallest absolute Gasteiger partial charge is 0.0529 e. The molecule has 0 saturated heterocycles. The van der Waals surface area contributed by atoms with Gasteiger partial charge < -0.3 is 14.0 Å². The van der Waals surface area contributed by atoms with Crippen molar-refractivity contribution in [1.29, 1.82) is 0 Å². The summed E-state index contributed by atoms with van der Waals surface area (Å²) in [5, 5.41) is 2.70. The average Bonchev–Trinajstić information content (AvgIpc) is 3.19. The average molecular weight is 370 g/mol. The largest absolute Gasteiger partial charge is 0.351 e. The van der Waals surface area contributed by atoms with Gasteiger partial charge in [0.25, 0.3) is 0 Å². The van der Waals surface area contributed by atoms with Gasteiger partial charge in [0.2, 0.25) is 0 Å². The van der Waals surface area contributed by atoms with E-state index < -0.39 is 0 Å². The normalized spacial score (nSPS) is 15.5. The maximum Gasteiger partial charge on any atom is 0.0529 e. The molecule has 0 aliphatic carbocycles. The number of aromatic nitrogens is 2. The van der Waals surface area contributed by atoms with Gasteiger partial charge in [0, 0.05) is 60.9 Å². The number of hydrogen-bond acceptors (Lipinski definition) is 1. The van der Waals surface area contributed by atoms with E-state index in [2.05, 4.69) is 96.8 Å². The fourth-order valence-electron chi connectivity index (χ4n) is 4.58. The summed E-state index contributed by atoms with van der Waals surface area (Å²) in [7, 11) is 4.32. The van der Waals surface area contributed by atoms with Gasteiger partial charge in [-0.3, -0.25) is 0 Å². The summed E-state index contributed by atoms with van der Waals surface area (Å²) in [4.78, 5) is 2.42. The molecule has 0 fully saturated rings. The number of likely N-dealkylation sites (N-methyl/N-ethyl adjacent to an activating group) is 1. The highest BCUT2D eigenvalue weighted by molar-refractivity contribution is 5.91. The van der Waals surface area contributed by atoms with Gasteiger partial charge >= 0.3 is 0 Å². The minimum absolute atomic E-state index is 1.03. The zero-order valence-electron chi connectivity index (χ0n) is 17.2. The molecule has 2 aromatic heterocycles. The minimum Gasteiger partial charge on any atom is -0.351 e. The van der Waals surface area contributed by atoms with E-state index in [1.54, 1.807) is 0 Å². The first-order valence-corrected chi connectivity index (χ1v) is 10.1. The van der Waals surface area contributed by atoms with E-state index in [1.165, 1.54) is 49.8 Å². The van der Waals surface area contributed by atoms with Gasteiger partial charge in [-0.1, -0.05) is 17.7 Å². The van der Waals surface area contributed by atoms with Crippen LogP contribution in [0.15, 0.2) is 48.7 Å². The maximum absolute atomic E-state index is 2.45. The Balaban J connectivity index is 1.67. The zero-order chi connectivity index (χ0) is 19.4. The monoisotopic (exact) mass is 369 g/mol. The number of hydrogen-bond donors (Lipinski definition) is 0. The number of aryl methyl sites for hydroxylation is 2. The first-order chi connectivity index (χ1) is 13.5. The Kier molecular flexibility index (Phi) is 3.95. The van der Waals surface area contributed by atoms with Crippen LogP contribution in [0.1, 0.15) is 29.3 Å². The topological polar surface area (TPSA) is 13.1 Å². The Morgan fingerprint density at radius 1 is 1.00 bits per heavy atom. The number of nitrogens with zero attached hydrogens (tertiary/aromatic N) is 3. The maximum atomic E-state index is 2.45. The van der Waals surface area contributed by atoms with Crippen LogP contribution in [-0.4, -0.2) is 27.6 Å². The first kappa shape index (κ1) is 17.3. The second-order valence-electron chi connectivity index (χ2n) is 8.32. The molecule has 0 atom stereocenters. The van der Waals surface area contributed by atoms with Crippen LogP contribution in [0.4, 0.5) is 0 Å². The third kappa shape index (κ3) is 2.70. The molecule has 3 heterocycles. The summed E-state index contributed by atoms with van der Waals surface area (Å²) >= 11 is 0. The molecule has 0 N–H and O–H groups in total. The fraction of sp³-hybridized carbons (Fsp3) is 0.280. The van der Waals surface area contributed by atoms with Crippen LogP contribution in [0.25, 0.3) is 33.6 Å². The van der Waals surface area contributed by atoms with Crippen LogP contribution < -0.4 is 0 Å². The van der Waals surface area contributed by atoms with Crippen LogP contribution in [0, 0.1) is 6.92 Å². The minimum atomic E-state index is 1.03. The molecule has 1 aliphatic rings. The SMILES string of the molecule is C/C(=C\n1c2c(c3cc(C)ccc31)CN(C)CC2)c1ccc2c(ccn2C)c1. The summed E-state index contributed by atoms with van der Waals surface area (Å²) in [5.41, 5.74) is 9.48. The standard InChI is InChI=1S/C25H27N3/c1-17-5-7-24-21(13-17)22-16-26(3)11-10-25(22)28(24)15-18(2)19-6-8-23-20(14-19)9-12-27(23)4/h5-9,12-15H,10-11,16H2,1-4H3/b18-15+. The van der Waals surface area contributed by atoms with Gasteiger partial charge in [-0.15, -0.1) is 0 Å². The lowest BCUT2D eigenvalue weighted by Crippen LogP contribution is -2.26. The third-order valence-electron chi connectivity index (χ3n) is 6.20. The van der Waals surface area contributed by atoms with E-state index in [-0.39, 0.29) is 0 Å². The van der Waals surface area contributed by atoms with Crippen LogP contribution in [0.3, 0.4) is 0 Å². The van der Waals surface area contributed by atoms with Crippen molar-refractivity contribution in [3.05, 3.63) is 71.0 Å². The molecule has 0 spiro atoms. The van der Waals surface area contributed by atoms with Crippen molar-refractivity contribution in [2.24, 2.45) is 7.05 Å². The summed E-state index contributed by atoms with van der Waals surface area (Å²) in [6.07, 6.45) is 5.56. The van der Waals surface area contributed by atoms with E-state index in [1.807, 2.05) is 0 Å². The van der Waals surface area contributed by atoms with Crippen molar-refractivity contribution in [2.45, 2.75) is 26.8 Å². The van der Waals surface area contributed by atoms with Gasteiger partial charge in [-0.2, -0.15) is 0 Å². The summed E-state index contributed by atoms with van der Waals surface area (Å²) in [6.45, 7) is 6.56. The van der Waals surface area contributed by atoms with Crippen LogP contribution >= 0.6 is 0 Å². The second-order valence-corrected chi connectivity index (χ2v) is 8.32. The summed E-state index contributed by atoms with van der Waals surface area (Å²) < 4.78 is 4.62. The number of allylic oxidation sites excluding steroid dienone is 1. The van der Waals surface area contributed by atoms with Gasteiger partial charge in [0.1, 0.15) is 0 Å². The molecule has 1 aliphatic heterocycles. The lowest BCUT2D eigenvalue weighted by atomic mass is 10.0. The fourth-order valence-corrected chi connectivity index (χ4v) is 4.58. The number of rotatable bonds is 2. The summed E-state index contributed by atoms with van der Waals surface area (Å²) in [6, 6.07) is 15.8. The van der Waals surface area contributed by atoms with Crippen LogP contribution in [0.5, 0.6) is 0 Å². The Hall–Kier alpha value is -2.78. The Labute approximate surface area is 166 Å². The van der Waals surface area contributed by atoms with Crippen molar-refractivity contribution in [3.8, 4) is 0 Å². The van der Waals surface area contributed by atoms with Crippen molar-refractivity contribution < 1.29 is 0 Å². The Morgan fingerprint density at radius 3 is 2.68 bits per heavy atom. The second kappa shape index (κ2) is 6.39. The van der Waals surface area contributed by atoms with Gasteiger partial charge in [-0.05, 0) is 67.9 Å². The molecular formula is C25H27N3. The first-order valence-electron chi connectivity index (χ1n) is 10.1. The van der Waals surface area contributed by atoms with E-state index >= 15 is 0 Å². The van der Waals surface area contributed by atoms with Crippen LogP contribution in [-0.2, 0) is 20.0 Å². The van der Waals surface area contributed by atoms with Gasteiger partial charge in [-0.25, -0.2) is 0 Å². The van der Waals surface area contributed by atoms with Crippen molar-refractivity contribution in [3.63, 3.8) is 0 Å². The number of benzene rings is 2. The molecular weight excluding hydrogens is 342 g/mol. The Morgan fingerprint density at radius 2 is 1.82 bits per heavy atom. The highest BCUT2D eigenvalue weighted by Crippen LogP contribution is 2.33. The molecule has 0 amide bonds. The quantitative estimate of drug-likeness (QED) is 0.458. The third-order valence-corrected chi connectivity index (χ3v) is 6.20. The highest BCUT2D eigenvalue weighted by Gasteiger charge is 2.21. The lowest BCUT2D eigenvalue weighted by Gasteiger charge is -2.23. The molecule has 0 unspecified atom stereocenters. The van der Waals surface area contributed by atoms with Crippen LogP contribution in [0.2, 0.25) is 0 Å². The number of fused-ring (bicyclic) bond motifs is 4.